The van der Waals surface area contributed by atoms with Gasteiger partial charge in [0.05, 0.1) is 11.8 Å². The Balaban J connectivity index is 2.23. The zero-order chi connectivity index (χ0) is 21.3. The lowest BCUT2D eigenvalue weighted by Crippen LogP contribution is -2.47. The fourth-order valence-corrected chi connectivity index (χ4v) is 2.71. The second kappa shape index (κ2) is 7.55. The first-order valence-corrected chi connectivity index (χ1v) is 8.90. The molecule has 0 spiro atoms. The van der Waals surface area contributed by atoms with Crippen molar-refractivity contribution in [3.63, 3.8) is 0 Å². The van der Waals surface area contributed by atoms with Gasteiger partial charge in [-0.3, -0.25) is 9.59 Å². The lowest BCUT2D eigenvalue weighted by molar-refractivity contribution is 0.0757. The second-order valence-corrected chi connectivity index (χ2v) is 8.37. The van der Waals surface area contributed by atoms with E-state index in [1.165, 1.54) is 18.3 Å². The molecule has 0 aliphatic heterocycles. The van der Waals surface area contributed by atoms with Crippen LogP contribution >= 0.6 is 0 Å². The van der Waals surface area contributed by atoms with E-state index in [4.69, 9.17) is 9.78 Å². The van der Waals surface area contributed by atoms with Crippen LogP contribution in [0.1, 0.15) is 73.6 Å². The summed E-state index contributed by atoms with van der Waals surface area (Å²) in [5, 5.41) is 15.4. The normalized spacial score (nSPS) is 12.9. The van der Waals surface area contributed by atoms with Crippen LogP contribution in [0, 0.1) is 22.6 Å². The molecule has 0 aliphatic rings. The van der Waals surface area contributed by atoms with Crippen LogP contribution in [0.3, 0.4) is 0 Å². The van der Waals surface area contributed by atoms with E-state index in [-0.39, 0.29) is 16.9 Å². The Labute approximate surface area is 163 Å². The molecule has 0 saturated heterocycles. The number of nitrogens with zero attached hydrogens (tertiary/aromatic N) is 2. The van der Waals surface area contributed by atoms with Crippen molar-refractivity contribution in [1.29, 1.82) is 5.26 Å². The maximum atomic E-state index is 13.9. The number of benzene rings is 1. The number of carbonyl (C=O) groups is 2. The summed E-state index contributed by atoms with van der Waals surface area (Å²) in [7, 11) is 0. The average Bonchev–Trinajstić information content (AvgIpc) is 3.11. The predicted molar refractivity (Wildman–Crippen MR) is 101 cm³/mol. The zero-order valence-electron chi connectivity index (χ0n) is 16.9. The van der Waals surface area contributed by atoms with Crippen molar-refractivity contribution in [2.75, 3.05) is 0 Å². The Morgan fingerprint density at radius 3 is 2.43 bits per heavy atom. The molecule has 1 unspecified atom stereocenters. The number of carbonyl (C=O) groups excluding carboxylic acids is 2. The van der Waals surface area contributed by atoms with Crippen molar-refractivity contribution in [3.8, 4) is 6.07 Å². The van der Waals surface area contributed by atoms with Crippen LogP contribution in [0.5, 0.6) is 0 Å². The number of hydrogen-bond donors (Lipinski definition) is 1. The molecule has 6 nitrogen and oxygen atoms in total. The fraction of sp³-hybridized carbons (Fsp3) is 0.429. The number of nitriles is 1. The van der Waals surface area contributed by atoms with Crippen LogP contribution in [0.15, 0.2) is 28.9 Å². The van der Waals surface area contributed by atoms with E-state index in [2.05, 4.69) is 10.5 Å². The van der Waals surface area contributed by atoms with Gasteiger partial charge in [0, 0.05) is 22.4 Å². The number of hydrogen-bond acceptors (Lipinski definition) is 5. The summed E-state index contributed by atoms with van der Waals surface area (Å²) < 4.78 is 19.1. The van der Waals surface area contributed by atoms with Crippen LogP contribution in [0.4, 0.5) is 4.39 Å². The highest BCUT2D eigenvalue weighted by Crippen LogP contribution is 2.29. The molecule has 0 radical (unpaired) electrons. The minimum atomic E-state index is -1.02. The molecule has 28 heavy (non-hydrogen) atoms. The van der Waals surface area contributed by atoms with Crippen LogP contribution in [-0.2, 0) is 5.41 Å². The predicted octanol–water partition coefficient (Wildman–Crippen LogP) is 4.01. The van der Waals surface area contributed by atoms with Crippen molar-refractivity contribution >= 4 is 11.7 Å². The minimum Gasteiger partial charge on any atom is -0.360 e. The molecule has 1 aromatic heterocycles. The molecule has 1 atom stereocenters. The third kappa shape index (κ3) is 4.11. The maximum absolute atomic E-state index is 13.9. The molecule has 1 N–H and O–H groups in total. The van der Waals surface area contributed by atoms with Crippen molar-refractivity contribution in [2.45, 2.75) is 53.0 Å². The van der Waals surface area contributed by atoms with Crippen molar-refractivity contribution in [2.24, 2.45) is 5.41 Å². The highest BCUT2D eigenvalue weighted by Gasteiger charge is 2.37. The summed E-state index contributed by atoms with van der Waals surface area (Å²) in [5.41, 5.74) is -1.10. The van der Waals surface area contributed by atoms with E-state index in [1.54, 1.807) is 26.8 Å². The minimum absolute atomic E-state index is 0.127. The number of aromatic nitrogens is 1. The monoisotopic (exact) mass is 385 g/mol. The number of ketones is 1. The highest BCUT2D eigenvalue weighted by atomic mass is 19.1. The van der Waals surface area contributed by atoms with Crippen LogP contribution in [0.25, 0.3) is 0 Å². The number of nitrogens with one attached hydrogen (secondary N) is 1. The quantitative estimate of drug-likeness (QED) is 0.785. The molecular formula is C21H24FN3O3. The zero-order valence-corrected chi connectivity index (χ0v) is 16.9. The van der Waals surface area contributed by atoms with E-state index in [9.17, 15) is 14.0 Å². The van der Waals surface area contributed by atoms with Crippen molar-refractivity contribution in [1.82, 2.24) is 10.5 Å². The molecule has 2 rings (SSSR count). The van der Waals surface area contributed by atoms with Crippen LogP contribution in [0.2, 0.25) is 0 Å². The van der Waals surface area contributed by atoms with Gasteiger partial charge in [-0.15, -0.1) is 0 Å². The molecule has 0 saturated carbocycles. The standard InChI is InChI=1S/C21H24FN3O3/c1-12(25-19(27)15-11-24-28-18(15)20(2,3)4)21(5,6)17(26)13-7-8-14(10-23)16(22)9-13/h7-9,11-12H,1-6H3,(H,25,27). The third-order valence-corrected chi connectivity index (χ3v) is 4.86. The molecule has 1 amide bonds. The van der Waals surface area contributed by atoms with Gasteiger partial charge < -0.3 is 9.84 Å². The second-order valence-electron chi connectivity index (χ2n) is 8.37. The SMILES string of the molecule is CC(NC(=O)c1cnoc1C(C)(C)C)C(C)(C)C(=O)c1ccc(C#N)c(F)c1. The van der Waals surface area contributed by atoms with E-state index >= 15 is 0 Å². The molecule has 1 aromatic carbocycles. The topological polar surface area (TPSA) is 96.0 Å². The van der Waals surface area contributed by atoms with Crippen molar-refractivity contribution < 1.29 is 18.5 Å². The molecule has 2 aromatic rings. The molecule has 0 aliphatic carbocycles. The summed E-state index contributed by atoms with van der Waals surface area (Å²) >= 11 is 0. The highest BCUT2D eigenvalue weighted by molar-refractivity contribution is 6.01. The Morgan fingerprint density at radius 1 is 1.25 bits per heavy atom. The maximum Gasteiger partial charge on any atom is 0.256 e. The van der Waals surface area contributed by atoms with Gasteiger partial charge in [0.1, 0.15) is 17.4 Å². The van der Waals surface area contributed by atoms with Gasteiger partial charge in [0.25, 0.3) is 5.91 Å². The Hall–Kier alpha value is -3.01. The van der Waals surface area contributed by atoms with Crippen molar-refractivity contribution in [3.05, 3.63) is 52.7 Å². The van der Waals surface area contributed by atoms with Gasteiger partial charge in [0.15, 0.2) is 11.5 Å². The Bertz CT molecular complexity index is 949. The molecule has 0 fully saturated rings. The van der Waals surface area contributed by atoms with Gasteiger partial charge in [0.2, 0.25) is 0 Å². The lowest BCUT2D eigenvalue weighted by atomic mass is 9.78. The largest absolute Gasteiger partial charge is 0.360 e. The molecular weight excluding hydrogens is 361 g/mol. The van der Waals surface area contributed by atoms with Gasteiger partial charge >= 0.3 is 0 Å². The van der Waals surface area contributed by atoms with E-state index in [0.717, 1.165) is 6.07 Å². The first-order chi connectivity index (χ1) is 12.9. The first kappa shape index (κ1) is 21.3. The molecule has 1 heterocycles. The van der Waals surface area contributed by atoms with Crippen LogP contribution in [-0.4, -0.2) is 22.9 Å². The fourth-order valence-electron chi connectivity index (χ4n) is 2.71. The molecule has 7 heteroatoms. The molecule has 148 valence electrons. The number of rotatable bonds is 5. The summed E-state index contributed by atoms with van der Waals surface area (Å²) in [6.07, 6.45) is 1.35. The average molecular weight is 385 g/mol. The number of halogens is 1. The smallest absolute Gasteiger partial charge is 0.256 e. The van der Waals surface area contributed by atoms with E-state index in [1.807, 2.05) is 20.8 Å². The third-order valence-electron chi connectivity index (χ3n) is 4.86. The Kier molecular flexibility index (Phi) is 5.74. The lowest BCUT2D eigenvalue weighted by Gasteiger charge is -2.31. The van der Waals surface area contributed by atoms with E-state index in [0.29, 0.717) is 11.3 Å². The van der Waals surface area contributed by atoms with Gasteiger partial charge in [-0.25, -0.2) is 4.39 Å². The van der Waals surface area contributed by atoms with E-state index < -0.39 is 28.6 Å². The van der Waals surface area contributed by atoms with Gasteiger partial charge in [-0.05, 0) is 25.1 Å². The molecule has 0 bridgehead atoms. The summed E-state index contributed by atoms with van der Waals surface area (Å²) in [6.45, 7) is 10.8. The summed E-state index contributed by atoms with van der Waals surface area (Å²) in [4.78, 5) is 25.6. The van der Waals surface area contributed by atoms with Gasteiger partial charge in [-0.1, -0.05) is 39.8 Å². The summed E-state index contributed by atoms with van der Waals surface area (Å²) in [6, 6.07) is 4.90. The first-order valence-electron chi connectivity index (χ1n) is 8.90. The Morgan fingerprint density at radius 2 is 1.89 bits per heavy atom. The summed E-state index contributed by atoms with van der Waals surface area (Å²) in [5.74, 6) is -1.04. The number of amides is 1. The number of Topliss-reactive ketones (excluding diaryl/α,β-unsaturated/α-hetero) is 1. The van der Waals surface area contributed by atoms with Crippen LogP contribution < -0.4 is 5.32 Å². The van der Waals surface area contributed by atoms with Gasteiger partial charge in [-0.2, -0.15) is 5.26 Å².